The predicted molar refractivity (Wildman–Crippen MR) is 196 cm³/mol. The molecule has 10 nitrogen and oxygen atoms in total. The van der Waals surface area contributed by atoms with Crippen LogP contribution in [-0.4, -0.2) is 62.6 Å². The van der Waals surface area contributed by atoms with E-state index in [1.165, 1.54) is 13.3 Å². The maximum atomic E-state index is 11.7. The van der Waals surface area contributed by atoms with Gasteiger partial charge in [-0.2, -0.15) is 0 Å². The van der Waals surface area contributed by atoms with Gasteiger partial charge in [-0.25, -0.2) is 14.4 Å². The molecular formula is C42H50O10. The summed E-state index contributed by atoms with van der Waals surface area (Å²) in [5.41, 5.74) is 1.15. The molecule has 7 aliphatic rings. The van der Waals surface area contributed by atoms with Crippen molar-refractivity contribution >= 4 is 40.7 Å². The van der Waals surface area contributed by atoms with Crippen molar-refractivity contribution < 1.29 is 48.7 Å². The van der Waals surface area contributed by atoms with Crippen LogP contribution >= 0.6 is 0 Å². The Morgan fingerprint density at radius 3 is 2.02 bits per heavy atom. The van der Waals surface area contributed by atoms with Crippen LogP contribution in [0.25, 0.3) is 16.8 Å². The molecule has 0 radical (unpaired) electrons. The highest BCUT2D eigenvalue weighted by Crippen LogP contribution is 2.59. The zero-order valence-electron chi connectivity index (χ0n) is 30.3. The molecule has 1 aliphatic heterocycles. The van der Waals surface area contributed by atoms with Gasteiger partial charge in [0.15, 0.2) is 0 Å². The lowest BCUT2D eigenvalue weighted by atomic mass is 9.52. The molecule has 278 valence electrons. The van der Waals surface area contributed by atoms with Gasteiger partial charge in [-0.3, -0.25) is 4.79 Å². The Bertz CT molecular complexity index is 1780. The number of carbonyl (C=O) groups excluding carboxylic acids is 3. The molecule has 2 aromatic rings. The highest BCUT2D eigenvalue weighted by Gasteiger charge is 2.63. The Morgan fingerprint density at radius 1 is 0.865 bits per heavy atom. The van der Waals surface area contributed by atoms with Crippen LogP contribution in [0.2, 0.25) is 0 Å². The number of esters is 3. The van der Waals surface area contributed by atoms with Crippen molar-refractivity contribution in [2.45, 2.75) is 95.5 Å². The number of rotatable bonds is 6. The van der Waals surface area contributed by atoms with Crippen LogP contribution in [0.4, 0.5) is 0 Å². The Kier molecular flexibility index (Phi) is 11.2. The fourth-order valence-corrected chi connectivity index (χ4v) is 9.20. The summed E-state index contributed by atoms with van der Waals surface area (Å²) in [6.45, 7) is 18.8. The van der Waals surface area contributed by atoms with Crippen molar-refractivity contribution in [1.29, 1.82) is 0 Å². The number of ether oxygens (including phenoxy) is 3. The molecule has 2 aromatic carbocycles. The van der Waals surface area contributed by atoms with Crippen molar-refractivity contribution in [3.8, 4) is 5.75 Å². The Hall–Kier alpha value is -4.70. The number of carboxylic acid groups (broad SMARTS) is 1. The maximum absolute atomic E-state index is 11.7. The second-order valence-corrected chi connectivity index (χ2v) is 15.7. The maximum Gasteiger partial charge on any atom is 0.333 e. The van der Waals surface area contributed by atoms with Crippen molar-refractivity contribution in [3.63, 3.8) is 0 Å². The minimum absolute atomic E-state index is 0.0646. The van der Waals surface area contributed by atoms with E-state index in [0.717, 1.165) is 54.9 Å². The quantitative estimate of drug-likeness (QED) is 0.161. The fraction of sp³-hybridized carbons (Fsp3) is 0.476. The van der Waals surface area contributed by atoms with Crippen molar-refractivity contribution in [3.05, 3.63) is 85.0 Å². The molecule has 3 N–H and O–H groups in total. The molecule has 7 fully saturated rings. The number of hydrogen-bond acceptors (Lipinski definition) is 9. The largest absolute Gasteiger partial charge is 0.508 e. The van der Waals surface area contributed by atoms with Gasteiger partial charge in [0.2, 0.25) is 0 Å². The minimum atomic E-state index is -0.935. The first kappa shape index (κ1) is 38.5. The van der Waals surface area contributed by atoms with E-state index in [4.69, 9.17) is 19.3 Å². The van der Waals surface area contributed by atoms with Gasteiger partial charge in [0.05, 0.1) is 11.5 Å². The molecule has 9 rings (SSSR count). The standard InChI is InChI=1S/C14H20O3.C12H14O4.C12H10O.C4H6O2/c1-9(2)12(15)17-14-6-10-3-11(7-14)5-13(16,4-10)8-14;1-5(2)11(13)15-9-6-3-7-8(4-6)12(14)16-10(7)9;1-2-9-3-4-11-8-12(13)6-5-10(11)7-9;1-3(2)4(5)6/h10-11,16H,1,3-8H2,2H3;6-10H,1,3-4H2,2H3;2-8,13H,1H2;1H2,2H3,(H,5,6). The van der Waals surface area contributed by atoms with Crippen LogP contribution in [0.5, 0.6) is 5.75 Å². The monoisotopic (exact) mass is 714 g/mol. The van der Waals surface area contributed by atoms with E-state index in [1.807, 2.05) is 30.3 Å². The average molecular weight is 715 g/mol. The van der Waals surface area contributed by atoms with E-state index < -0.39 is 17.2 Å². The molecule has 0 spiro atoms. The summed E-state index contributed by atoms with van der Waals surface area (Å²) in [7, 11) is 0. The summed E-state index contributed by atoms with van der Waals surface area (Å²) in [4.78, 5) is 44.3. The second-order valence-electron chi connectivity index (χ2n) is 15.7. The lowest BCUT2D eigenvalue weighted by Gasteiger charge is -2.59. The van der Waals surface area contributed by atoms with Gasteiger partial charge in [-0.1, -0.05) is 50.6 Å². The van der Waals surface area contributed by atoms with Gasteiger partial charge in [0, 0.05) is 35.0 Å². The summed E-state index contributed by atoms with van der Waals surface area (Å²) in [6, 6.07) is 11.3. The third-order valence-electron chi connectivity index (χ3n) is 11.1. The molecule has 52 heavy (non-hydrogen) atoms. The first-order valence-corrected chi connectivity index (χ1v) is 17.8. The van der Waals surface area contributed by atoms with Gasteiger partial charge in [-0.05, 0) is 112 Å². The van der Waals surface area contributed by atoms with Crippen LogP contribution in [0, 0.1) is 29.6 Å². The smallest absolute Gasteiger partial charge is 0.333 e. The van der Waals surface area contributed by atoms with E-state index in [2.05, 4.69) is 26.3 Å². The number of aromatic hydroxyl groups is 1. The molecule has 1 heterocycles. The van der Waals surface area contributed by atoms with Gasteiger partial charge >= 0.3 is 23.9 Å². The minimum Gasteiger partial charge on any atom is -0.508 e. The molecule has 0 aromatic heterocycles. The molecule has 6 saturated carbocycles. The molecule has 1 saturated heterocycles. The number of hydrogen-bond donors (Lipinski definition) is 3. The van der Waals surface area contributed by atoms with Crippen LogP contribution in [0.3, 0.4) is 0 Å². The molecule has 10 heteroatoms. The van der Waals surface area contributed by atoms with E-state index in [-0.39, 0.29) is 47.5 Å². The van der Waals surface area contributed by atoms with Crippen LogP contribution < -0.4 is 0 Å². The van der Waals surface area contributed by atoms with Crippen molar-refractivity contribution in [1.82, 2.24) is 0 Å². The first-order chi connectivity index (χ1) is 24.4. The zero-order chi connectivity index (χ0) is 38.1. The molecule has 6 bridgehead atoms. The third kappa shape index (κ3) is 8.49. The molecule has 6 aliphatic carbocycles. The summed E-state index contributed by atoms with van der Waals surface area (Å²) in [5, 5.41) is 29.8. The Labute approximate surface area is 304 Å². The van der Waals surface area contributed by atoms with Crippen molar-refractivity contribution in [2.75, 3.05) is 0 Å². The number of phenolic OH excluding ortho intramolecular Hbond substituents is 1. The number of phenols is 1. The summed E-state index contributed by atoms with van der Waals surface area (Å²) in [5.74, 6) is 0.316. The summed E-state index contributed by atoms with van der Waals surface area (Å²) in [6.07, 6.45) is 8.65. The Morgan fingerprint density at radius 2 is 1.46 bits per heavy atom. The van der Waals surface area contributed by atoms with Gasteiger partial charge in [0.1, 0.15) is 23.6 Å². The van der Waals surface area contributed by atoms with E-state index >= 15 is 0 Å². The van der Waals surface area contributed by atoms with Gasteiger partial charge < -0.3 is 29.5 Å². The fourth-order valence-electron chi connectivity index (χ4n) is 9.20. The third-order valence-corrected chi connectivity index (χ3v) is 11.1. The van der Waals surface area contributed by atoms with Gasteiger partial charge in [-0.15, -0.1) is 0 Å². The number of aliphatic carboxylic acids is 1. The molecule has 7 unspecified atom stereocenters. The lowest BCUT2D eigenvalue weighted by Crippen LogP contribution is -2.60. The molecular weight excluding hydrogens is 664 g/mol. The second kappa shape index (κ2) is 15.1. The van der Waals surface area contributed by atoms with E-state index in [0.29, 0.717) is 41.1 Å². The molecule has 7 atom stereocenters. The number of benzene rings is 2. The normalized spacial score (nSPS) is 32.1. The van der Waals surface area contributed by atoms with E-state index in [9.17, 15) is 29.4 Å². The predicted octanol–water partition coefficient (Wildman–Crippen LogP) is 7.08. The zero-order valence-corrected chi connectivity index (χ0v) is 30.3. The number of aliphatic hydroxyl groups is 1. The van der Waals surface area contributed by atoms with E-state index in [1.54, 1.807) is 26.0 Å². The average Bonchev–Trinajstić information content (AvgIpc) is 3.69. The summed E-state index contributed by atoms with van der Waals surface area (Å²) >= 11 is 0. The first-order valence-electron chi connectivity index (χ1n) is 17.8. The lowest BCUT2D eigenvalue weighted by molar-refractivity contribution is -0.217. The van der Waals surface area contributed by atoms with Crippen LogP contribution in [0.15, 0.2) is 79.4 Å². The Balaban J connectivity index is 0.000000141. The SMILES string of the molecule is C=C(C)C(=O)O.C=C(C)C(=O)OC12CC3CC(CC(O)(C3)C1)C2.C=C(C)C(=O)OC1C2CC3C(=O)OC1C3C2.C=Cc1ccc2cc(O)ccc2c1. The van der Waals surface area contributed by atoms with Crippen LogP contribution in [-0.2, 0) is 33.4 Å². The highest BCUT2D eigenvalue weighted by molar-refractivity contribution is 5.88. The highest BCUT2D eigenvalue weighted by atomic mass is 16.6. The number of carboxylic acids is 1. The molecule has 0 amide bonds. The summed E-state index contributed by atoms with van der Waals surface area (Å²) < 4.78 is 16.3. The van der Waals surface area contributed by atoms with Crippen LogP contribution in [0.1, 0.15) is 77.7 Å². The number of carbonyl (C=O) groups is 4. The topological polar surface area (TPSA) is 157 Å². The van der Waals surface area contributed by atoms with Gasteiger partial charge in [0.25, 0.3) is 0 Å². The number of fused-ring (bicyclic) bond motifs is 2. The van der Waals surface area contributed by atoms with Crippen molar-refractivity contribution in [2.24, 2.45) is 29.6 Å².